The van der Waals surface area contributed by atoms with Crippen LogP contribution in [0.1, 0.15) is 44.6 Å². The van der Waals surface area contributed by atoms with Crippen molar-refractivity contribution in [1.82, 2.24) is 9.97 Å². The number of aryl methyl sites for hydroxylation is 1. The fraction of sp³-hybridized carbons (Fsp3) is 0.714. The van der Waals surface area contributed by atoms with Crippen molar-refractivity contribution >= 4 is 11.8 Å². The highest BCUT2D eigenvalue weighted by Crippen LogP contribution is 2.30. The summed E-state index contributed by atoms with van der Waals surface area (Å²) in [4.78, 5) is 8.23. The molecule has 0 aromatic carbocycles. The third-order valence-corrected chi connectivity index (χ3v) is 4.09. The maximum Gasteiger partial charge on any atom is 0.221 e. The Balaban J connectivity index is 1.83. The summed E-state index contributed by atoms with van der Waals surface area (Å²) in [5, 5.41) is 3.43. The molecule has 4 nitrogen and oxygen atoms in total. The molecule has 3 N–H and O–H groups in total. The van der Waals surface area contributed by atoms with Crippen molar-refractivity contribution in [2.45, 2.75) is 46.0 Å². The quantitative estimate of drug-likeness (QED) is 0.859. The van der Waals surface area contributed by atoms with Crippen LogP contribution >= 0.6 is 0 Å². The molecule has 0 unspecified atom stereocenters. The van der Waals surface area contributed by atoms with Crippen LogP contribution < -0.4 is 11.1 Å². The second-order valence-electron chi connectivity index (χ2n) is 5.44. The summed E-state index contributed by atoms with van der Waals surface area (Å²) in [6, 6.07) is 0. The standard InChI is InChI=1S/C14H24N4/c1-3-11-4-6-12(7-5-11)9-16-13-10(2)8-17-14(15)18-13/h8,11-12H,3-7,9H2,1-2H3,(H3,15,16,17,18). The number of aromatic nitrogens is 2. The minimum Gasteiger partial charge on any atom is -0.369 e. The Hall–Kier alpha value is -1.32. The van der Waals surface area contributed by atoms with E-state index in [1.807, 2.05) is 6.92 Å². The fourth-order valence-corrected chi connectivity index (χ4v) is 2.72. The normalized spacial score (nSPS) is 23.9. The minimum absolute atomic E-state index is 0.345. The van der Waals surface area contributed by atoms with E-state index in [0.717, 1.165) is 29.8 Å². The van der Waals surface area contributed by atoms with Gasteiger partial charge < -0.3 is 11.1 Å². The van der Waals surface area contributed by atoms with Crippen LogP contribution in [0.5, 0.6) is 0 Å². The van der Waals surface area contributed by atoms with Crippen molar-refractivity contribution in [1.29, 1.82) is 0 Å². The highest BCUT2D eigenvalue weighted by molar-refractivity contribution is 5.45. The molecule has 4 heteroatoms. The molecule has 0 atom stereocenters. The van der Waals surface area contributed by atoms with Gasteiger partial charge in [-0.15, -0.1) is 0 Å². The van der Waals surface area contributed by atoms with Crippen LogP contribution in [-0.2, 0) is 0 Å². The van der Waals surface area contributed by atoms with Crippen LogP contribution in [0.15, 0.2) is 6.20 Å². The third kappa shape index (κ3) is 3.34. The van der Waals surface area contributed by atoms with E-state index in [-0.39, 0.29) is 0 Å². The van der Waals surface area contributed by atoms with E-state index in [0.29, 0.717) is 5.95 Å². The summed E-state index contributed by atoms with van der Waals surface area (Å²) in [6.07, 6.45) is 8.55. The van der Waals surface area contributed by atoms with Gasteiger partial charge in [-0.3, -0.25) is 0 Å². The lowest BCUT2D eigenvalue weighted by atomic mass is 9.81. The number of nitrogens with zero attached hydrogens (tertiary/aromatic N) is 2. The molecule has 0 spiro atoms. The molecule has 0 amide bonds. The van der Waals surface area contributed by atoms with Crippen LogP contribution in [0.2, 0.25) is 0 Å². The molecular formula is C14H24N4. The largest absolute Gasteiger partial charge is 0.369 e. The zero-order valence-electron chi connectivity index (χ0n) is 11.4. The van der Waals surface area contributed by atoms with Crippen LogP contribution in [0.4, 0.5) is 11.8 Å². The Morgan fingerprint density at radius 2 is 1.94 bits per heavy atom. The van der Waals surface area contributed by atoms with Crippen molar-refractivity contribution in [3.63, 3.8) is 0 Å². The average Bonchev–Trinajstić information content (AvgIpc) is 2.40. The predicted molar refractivity (Wildman–Crippen MR) is 75.4 cm³/mol. The molecule has 1 aromatic heterocycles. The Bertz CT molecular complexity index is 383. The average molecular weight is 248 g/mol. The van der Waals surface area contributed by atoms with E-state index in [4.69, 9.17) is 5.73 Å². The number of hydrogen-bond donors (Lipinski definition) is 2. The molecule has 100 valence electrons. The predicted octanol–water partition coefficient (Wildman–Crippen LogP) is 3.00. The zero-order chi connectivity index (χ0) is 13.0. The van der Waals surface area contributed by atoms with Crippen molar-refractivity contribution in [3.05, 3.63) is 11.8 Å². The highest BCUT2D eigenvalue weighted by atomic mass is 15.1. The number of rotatable bonds is 4. The van der Waals surface area contributed by atoms with E-state index in [1.54, 1.807) is 6.20 Å². The van der Waals surface area contributed by atoms with Crippen molar-refractivity contribution in [2.75, 3.05) is 17.6 Å². The van der Waals surface area contributed by atoms with E-state index >= 15 is 0 Å². The lowest BCUT2D eigenvalue weighted by Gasteiger charge is -2.28. The molecule has 0 aliphatic heterocycles. The molecule has 1 aromatic rings. The molecule has 0 saturated heterocycles. The summed E-state index contributed by atoms with van der Waals surface area (Å²) >= 11 is 0. The van der Waals surface area contributed by atoms with E-state index in [1.165, 1.54) is 32.1 Å². The van der Waals surface area contributed by atoms with Gasteiger partial charge in [0, 0.05) is 18.3 Å². The number of hydrogen-bond acceptors (Lipinski definition) is 4. The number of anilines is 2. The molecule has 1 saturated carbocycles. The zero-order valence-corrected chi connectivity index (χ0v) is 11.4. The molecule has 2 rings (SSSR count). The summed E-state index contributed by atoms with van der Waals surface area (Å²) < 4.78 is 0. The van der Waals surface area contributed by atoms with Crippen molar-refractivity contribution in [2.24, 2.45) is 11.8 Å². The van der Waals surface area contributed by atoms with Gasteiger partial charge in [0.25, 0.3) is 0 Å². The lowest BCUT2D eigenvalue weighted by molar-refractivity contribution is 0.278. The molecule has 18 heavy (non-hydrogen) atoms. The summed E-state index contributed by atoms with van der Waals surface area (Å²) in [6.45, 7) is 5.32. The minimum atomic E-state index is 0.345. The summed E-state index contributed by atoms with van der Waals surface area (Å²) in [5.41, 5.74) is 6.67. The SMILES string of the molecule is CCC1CCC(CNc2nc(N)ncc2C)CC1. The third-order valence-electron chi connectivity index (χ3n) is 4.09. The van der Waals surface area contributed by atoms with E-state index in [9.17, 15) is 0 Å². The first-order valence-electron chi connectivity index (χ1n) is 7.02. The highest BCUT2D eigenvalue weighted by Gasteiger charge is 2.19. The van der Waals surface area contributed by atoms with Crippen LogP contribution in [-0.4, -0.2) is 16.5 Å². The first-order chi connectivity index (χ1) is 8.69. The number of nitrogens with two attached hydrogens (primary N) is 1. The van der Waals surface area contributed by atoms with Crippen LogP contribution in [0.25, 0.3) is 0 Å². The van der Waals surface area contributed by atoms with Gasteiger partial charge in [-0.25, -0.2) is 4.98 Å². The van der Waals surface area contributed by atoms with Crippen molar-refractivity contribution in [3.8, 4) is 0 Å². The maximum absolute atomic E-state index is 5.61. The monoisotopic (exact) mass is 248 g/mol. The Kier molecular flexibility index (Phi) is 4.39. The number of nitrogen functional groups attached to an aromatic ring is 1. The van der Waals surface area contributed by atoms with Gasteiger partial charge in [0.05, 0.1) is 0 Å². The van der Waals surface area contributed by atoms with Gasteiger partial charge in [0.15, 0.2) is 0 Å². The van der Waals surface area contributed by atoms with Gasteiger partial charge in [-0.2, -0.15) is 4.98 Å². The molecule has 0 bridgehead atoms. The Morgan fingerprint density at radius 1 is 1.28 bits per heavy atom. The molecule has 1 heterocycles. The molecule has 1 aliphatic carbocycles. The maximum atomic E-state index is 5.61. The fourth-order valence-electron chi connectivity index (χ4n) is 2.72. The summed E-state index contributed by atoms with van der Waals surface area (Å²) in [7, 11) is 0. The topological polar surface area (TPSA) is 63.8 Å². The van der Waals surface area contributed by atoms with Gasteiger partial charge in [0.1, 0.15) is 5.82 Å². The van der Waals surface area contributed by atoms with Crippen molar-refractivity contribution < 1.29 is 0 Å². The van der Waals surface area contributed by atoms with Gasteiger partial charge >= 0.3 is 0 Å². The van der Waals surface area contributed by atoms with Gasteiger partial charge in [0.2, 0.25) is 5.95 Å². The second-order valence-corrected chi connectivity index (χ2v) is 5.44. The Morgan fingerprint density at radius 3 is 2.61 bits per heavy atom. The van der Waals surface area contributed by atoms with E-state index < -0.39 is 0 Å². The van der Waals surface area contributed by atoms with E-state index in [2.05, 4.69) is 22.2 Å². The first-order valence-corrected chi connectivity index (χ1v) is 7.02. The van der Waals surface area contributed by atoms with Gasteiger partial charge in [-0.05, 0) is 31.6 Å². The lowest BCUT2D eigenvalue weighted by Crippen LogP contribution is -2.21. The van der Waals surface area contributed by atoms with Gasteiger partial charge in [-0.1, -0.05) is 26.2 Å². The Labute approximate surface area is 109 Å². The molecule has 1 aliphatic rings. The summed E-state index contributed by atoms with van der Waals surface area (Å²) in [5.74, 6) is 2.97. The molecular weight excluding hydrogens is 224 g/mol. The second kappa shape index (κ2) is 6.03. The smallest absolute Gasteiger partial charge is 0.221 e. The van der Waals surface area contributed by atoms with Crippen LogP contribution in [0.3, 0.4) is 0 Å². The molecule has 1 fully saturated rings. The molecule has 0 radical (unpaired) electrons. The first kappa shape index (κ1) is 13.1. The van der Waals surface area contributed by atoms with Crippen LogP contribution in [0, 0.1) is 18.8 Å². The number of nitrogens with one attached hydrogen (secondary N) is 1.